The van der Waals surface area contributed by atoms with Crippen LogP contribution in [0.2, 0.25) is 0 Å². The van der Waals surface area contributed by atoms with Gasteiger partial charge in [0.1, 0.15) is 5.82 Å². The number of fused-ring (bicyclic) bond motifs is 1. The van der Waals surface area contributed by atoms with Crippen molar-refractivity contribution in [2.45, 2.75) is 33.7 Å². The van der Waals surface area contributed by atoms with Gasteiger partial charge < -0.3 is 10.3 Å². The van der Waals surface area contributed by atoms with Gasteiger partial charge in [0.15, 0.2) is 0 Å². The van der Waals surface area contributed by atoms with Gasteiger partial charge in [0.25, 0.3) is 5.56 Å². The maximum absolute atomic E-state index is 12.1. The number of benzene rings is 1. The Kier molecular flexibility index (Phi) is 6.49. The Morgan fingerprint density at radius 1 is 1.33 bits per heavy atom. The number of amides is 1. The van der Waals surface area contributed by atoms with E-state index < -0.39 is 0 Å². The van der Waals surface area contributed by atoms with Crippen molar-refractivity contribution in [3.05, 3.63) is 40.4 Å². The molecule has 6 nitrogen and oxygen atoms in total. The van der Waals surface area contributed by atoms with Crippen LogP contribution in [0.1, 0.15) is 33.0 Å². The van der Waals surface area contributed by atoms with Gasteiger partial charge in [-0.05, 0) is 31.0 Å². The van der Waals surface area contributed by atoms with Crippen LogP contribution >= 0.6 is 0 Å². The second-order valence-electron chi connectivity index (χ2n) is 6.37. The third-order valence-corrected chi connectivity index (χ3v) is 3.89. The molecule has 0 saturated carbocycles. The number of carbonyl (C=O) groups excluding carboxylic acids is 1. The molecule has 0 saturated heterocycles. The Bertz CT molecular complexity index is 739. The van der Waals surface area contributed by atoms with Gasteiger partial charge >= 0.3 is 0 Å². The van der Waals surface area contributed by atoms with Crippen LogP contribution in [0.5, 0.6) is 0 Å². The van der Waals surface area contributed by atoms with Gasteiger partial charge in [-0.3, -0.25) is 14.5 Å². The molecule has 0 fully saturated rings. The van der Waals surface area contributed by atoms with E-state index in [2.05, 4.69) is 29.1 Å². The van der Waals surface area contributed by atoms with Crippen LogP contribution in [-0.4, -0.2) is 40.4 Å². The van der Waals surface area contributed by atoms with E-state index in [0.717, 1.165) is 6.42 Å². The second kappa shape index (κ2) is 8.59. The normalized spacial score (nSPS) is 11.4. The minimum Gasteiger partial charge on any atom is -0.355 e. The second-order valence-corrected chi connectivity index (χ2v) is 6.37. The Hall–Kier alpha value is -2.21. The van der Waals surface area contributed by atoms with Crippen molar-refractivity contribution in [2.75, 3.05) is 19.6 Å². The van der Waals surface area contributed by atoms with E-state index in [0.29, 0.717) is 48.8 Å². The van der Waals surface area contributed by atoms with Gasteiger partial charge in [0, 0.05) is 6.54 Å². The van der Waals surface area contributed by atoms with Gasteiger partial charge in [0.05, 0.1) is 24.0 Å². The molecule has 0 bridgehead atoms. The summed E-state index contributed by atoms with van der Waals surface area (Å²) >= 11 is 0. The van der Waals surface area contributed by atoms with Gasteiger partial charge in [-0.2, -0.15) is 0 Å². The molecule has 24 heavy (non-hydrogen) atoms. The zero-order valence-corrected chi connectivity index (χ0v) is 14.6. The van der Waals surface area contributed by atoms with Crippen molar-refractivity contribution in [2.24, 2.45) is 5.92 Å². The number of nitrogens with zero attached hydrogens (tertiary/aromatic N) is 2. The average Bonchev–Trinajstić information content (AvgIpc) is 2.54. The van der Waals surface area contributed by atoms with Crippen LogP contribution in [0, 0.1) is 5.92 Å². The van der Waals surface area contributed by atoms with Gasteiger partial charge in [0.2, 0.25) is 5.91 Å². The first-order valence-electron chi connectivity index (χ1n) is 8.46. The van der Waals surface area contributed by atoms with Crippen LogP contribution in [0.15, 0.2) is 29.1 Å². The molecular weight excluding hydrogens is 304 g/mol. The van der Waals surface area contributed by atoms with Crippen LogP contribution in [0.3, 0.4) is 0 Å². The summed E-state index contributed by atoms with van der Waals surface area (Å²) in [5, 5.41) is 3.51. The zero-order chi connectivity index (χ0) is 17.5. The van der Waals surface area contributed by atoms with E-state index >= 15 is 0 Å². The van der Waals surface area contributed by atoms with E-state index in [-0.39, 0.29) is 11.5 Å². The fourth-order valence-electron chi connectivity index (χ4n) is 2.46. The molecule has 1 aromatic carbocycles. The smallest absolute Gasteiger partial charge is 0.258 e. The molecule has 2 rings (SSSR count). The molecule has 1 aromatic heterocycles. The summed E-state index contributed by atoms with van der Waals surface area (Å²) in [5.41, 5.74) is 0.529. The van der Waals surface area contributed by atoms with Crippen LogP contribution < -0.4 is 10.9 Å². The largest absolute Gasteiger partial charge is 0.355 e. The van der Waals surface area contributed by atoms with Crippen molar-refractivity contribution in [3.63, 3.8) is 0 Å². The molecule has 0 aliphatic heterocycles. The number of hydrogen-bond donors (Lipinski definition) is 2. The number of para-hydroxylation sites is 1. The molecule has 2 N–H and O–H groups in total. The summed E-state index contributed by atoms with van der Waals surface area (Å²) in [5.74, 6) is 1.15. The lowest BCUT2D eigenvalue weighted by Gasteiger charge is -2.19. The number of H-pyrrole nitrogens is 1. The topological polar surface area (TPSA) is 78.1 Å². The van der Waals surface area contributed by atoms with Gasteiger partial charge in [-0.25, -0.2) is 4.98 Å². The predicted molar refractivity (Wildman–Crippen MR) is 95.8 cm³/mol. The molecule has 0 aliphatic rings. The first-order chi connectivity index (χ1) is 11.5. The molecule has 1 amide bonds. The Morgan fingerprint density at radius 3 is 2.79 bits per heavy atom. The van der Waals surface area contributed by atoms with Crippen LogP contribution in [0.25, 0.3) is 10.9 Å². The number of aromatic nitrogens is 2. The molecule has 2 aromatic rings. The standard InChI is InChI=1S/C18H26N4O2/c1-4-22(12-17(23)19-10-9-13(2)3)11-16-20-15-8-6-5-7-14(15)18(24)21-16/h5-8,13H,4,9-12H2,1-3H3,(H,19,23)(H,20,21,24). The van der Waals surface area contributed by atoms with E-state index in [4.69, 9.17) is 0 Å². The minimum atomic E-state index is -0.145. The first-order valence-corrected chi connectivity index (χ1v) is 8.46. The Balaban J connectivity index is 2.00. The predicted octanol–water partition coefficient (Wildman–Crippen LogP) is 1.91. The van der Waals surface area contributed by atoms with Gasteiger partial charge in [-0.1, -0.05) is 32.9 Å². The summed E-state index contributed by atoms with van der Waals surface area (Å²) in [6, 6.07) is 7.25. The molecule has 0 aliphatic carbocycles. The summed E-state index contributed by atoms with van der Waals surface area (Å²) in [4.78, 5) is 33.4. The van der Waals surface area contributed by atoms with E-state index in [1.165, 1.54) is 0 Å². The SMILES string of the molecule is CCN(CC(=O)NCCC(C)C)Cc1nc2ccccc2c(=O)[nH]1. The van der Waals surface area contributed by atoms with Crippen LogP contribution in [-0.2, 0) is 11.3 Å². The number of hydrogen-bond acceptors (Lipinski definition) is 4. The molecule has 0 radical (unpaired) electrons. The van der Waals surface area contributed by atoms with Crippen molar-refractivity contribution >= 4 is 16.8 Å². The van der Waals surface area contributed by atoms with E-state index in [1.54, 1.807) is 6.07 Å². The van der Waals surface area contributed by atoms with E-state index in [9.17, 15) is 9.59 Å². The molecule has 1 heterocycles. The van der Waals surface area contributed by atoms with Crippen molar-refractivity contribution < 1.29 is 4.79 Å². The summed E-state index contributed by atoms with van der Waals surface area (Å²) < 4.78 is 0. The number of nitrogens with one attached hydrogen (secondary N) is 2. The molecular formula is C18H26N4O2. The first kappa shape index (κ1) is 18.1. The number of aromatic amines is 1. The third kappa shape index (κ3) is 5.16. The summed E-state index contributed by atoms with van der Waals surface area (Å²) in [7, 11) is 0. The zero-order valence-electron chi connectivity index (χ0n) is 14.6. The lowest BCUT2D eigenvalue weighted by Crippen LogP contribution is -2.38. The summed E-state index contributed by atoms with van der Waals surface area (Å²) in [6.07, 6.45) is 0.970. The highest BCUT2D eigenvalue weighted by molar-refractivity contribution is 5.78. The summed E-state index contributed by atoms with van der Waals surface area (Å²) in [6.45, 7) is 8.38. The lowest BCUT2D eigenvalue weighted by molar-refractivity contribution is -0.122. The minimum absolute atomic E-state index is 0.000589. The van der Waals surface area contributed by atoms with Crippen molar-refractivity contribution in [1.29, 1.82) is 0 Å². The maximum Gasteiger partial charge on any atom is 0.258 e. The van der Waals surface area contributed by atoms with Crippen LogP contribution in [0.4, 0.5) is 0 Å². The number of likely N-dealkylation sites (N-methyl/N-ethyl adjacent to an activating group) is 1. The molecule has 0 unspecified atom stereocenters. The average molecular weight is 330 g/mol. The quantitative estimate of drug-likeness (QED) is 0.775. The van der Waals surface area contributed by atoms with Crippen molar-refractivity contribution in [3.8, 4) is 0 Å². The molecule has 0 atom stereocenters. The fourth-order valence-corrected chi connectivity index (χ4v) is 2.46. The highest BCUT2D eigenvalue weighted by atomic mass is 16.2. The van der Waals surface area contributed by atoms with E-state index in [1.807, 2.05) is 30.0 Å². The highest BCUT2D eigenvalue weighted by Gasteiger charge is 2.12. The van der Waals surface area contributed by atoms with Gasteiger partial charge in [-0.15, -0.1) is 0 Å². The Labute approximate surface area is 142 Å². The monoisotopic (exact) mass is 330 g/mol. The maximum atomic E-state index is 12.1. The highest BCUT2D eigenvalue weighted by Crippen LogP contribution is 2.07. The fraction of sp³-hybridized carbons (Fsp3) is 0.500. The van der Waals surface area contributed by atoms with Crippen molar-refractivity contribution in [1.82, 2.24) is 20.2 Å². The molecule has 130 valence electrons. The lowest BCUT2D eigenvalue weighted by atomic mass is 10.1. The molecule has 6 heteroatoms. The molecule has 0 spiro atoms. The third-order valence-electron chi connectivity index (χ3n) is 3.89. The Morgan fingerprint density at radius 2 is 2.08 bits per heavy atom. The number of rotatable bonds is 8. The number of carbonyl (C=O) groups is 1.